The van der Waals surface area contributed by atoms with Gasteiger partial charge in [0.05, 0.1) is 55.3 Å². The maximum absolute atomic E-state index is 13.9. The number of methoxy groups -OCH3 is 3. The van der Waals surface area contributed by atoms with Crippen LogP contribution in [0.4, 0.5) is 0 Å². The summed E-state index contributed by atoms with van der Waals surface area (Å²) >= 11 is 1.21. The Morgan fingerprint density at radius 2 is 1.74 bits per heavy atom. The molecule has 0 spiro atoms. The van der Waals surface area contributed by atoms with Crippen LogP contribution in [0.1, 0.15) is 31.0 Å². The Morgan fingerprint density at radius 1 is 1.08 bits per heavy atom. The molecule has 39 heavy (non-hydrogen) atoms. The van der Waals surface area contributed by atoms with E-state index in [9.17, 15) is 9.59 Å². The van der Waals surface area contributed by atoms with Crippen molar-refractivity contribution in [2.75, 3.05) is 34.5 Å². The highest BCUT2D eigenvalue weighted by atomic mass is 32.1. The van der Waals surface area contributed by atoms with E-state index in [1.807, 2.05) is 12.1 Å². The molecule has 0 unspecified atom stereocenters. The number of fused-ring (bicyclic) bond motifs is 1. The van der Waals surface area contributed by atoms with Crippen LogP contribution in [0.5, 0.6) is 23.0 Å². The summed E-state index contributed by atoms with van der Waals surface area (Å²) in [4.78, 5) is 32.1. The highest BCUT2D eigenvalue weighted by molar-refractivity contribution is 7.07. The number of allylic oxidation sites excluding steroid dienone is 1. The third-order valence-electron chi connectivity index (χ3n) is 6.11. The van der Waals surface area contributed by atoms with Crippen molar-refractivity contribution in [3.8, 4) is 23.0 Å². The molecule has 1 aliphatic heterocycles. The predicted octanol–water partition coefficient (Wildman–Crippen LogP) is 3.39. The zero-order chi connectivity index (χ0) is 28.1. The van der Waals surface area contributed by atoms with Crippen molar-refractivity contribution in [3.05, 3.63) is 91.1 Å². The first-order chi connectivity index (χ1) is 18.9. The molecule has 1 aliphatic rings. The maximum atomic E-state index is 13.9. The molecule has 0 radical (unpaired) electrons. The van der Waals surface area contributed by atoms with Gasteiger partial charge >= 0.3 is 5.97 Å². The third kappa shape index (κ3) is 5.46. The second kappa shape index (κ2) is 12.0. The average Bonchev–Trinajstić information content (AvgIpc) is 3.25. The van der Waals surface area contributed by atoms with Crippen LogP contribution in [-0.4, -0.2) is 45.1 Å². The van der Waals surface area contributed by atoms with Gasteiger partial charge in [-0.05, 0) is 37.6 Å². The fourth-order valence-electron chi connectivity index (χ4n) is 4.31. The number of hydrogen-bond acceptors (Lipinski definition) is 9. The minimum absolute atomic E-state index is 0.193. The Hall–Kier alpha value is -4.31. The third-order valence-corrected chi connectivity index (χ3v) is 7.09. The fraction of sp³-hybridized carbons (Fsp3) is 0.276. The molecule has 0 saturated carbocycles. The number of esters is 1. The lowest BCUT2D eigenvalue weighted by atomic mass is 9.96. The van der Waals surface area contributed by atoms with Crippen molar-refractivity contribution >= 4 is 23.4 Å². The van der Waals surface area contributed by atoms with Crippen molar-refractivity contribution in [1.29, 1.82) is 0 Å². The zero-order valence-electron chi connectivity index (χ0n) is 22.5. The highest BCUT2D eigenvalue weighted by Gasteiger charge is 2.33. The summed E-state index contributed by atoms with van der Waals surface area (Å²) in [6.07, 6.45) is 3.36. The van der Waals surface area contributed by atoms with E-state index in [0.29, 0.717) is 61.3 Å². The summed E-state index contributed by atoms with van der Waals surface area (Å²) in [7, 11) is 4.61. The smallest absolute Gasteiger partial charge is 0.338 e. The van der Waals surface area contributed by atoms with E-state index in [-0.39, 0.29) is 12.2 Å². The molecule has 204 valence electrons. The van der Waals surface area contributed by atoms with Gasteiger partial charge in [-0.25, -0.2) is 9.79 Å². The summed E-state index contributed by atoms with van der Waals surface area (Å²) < 4.78 is 29.4. The van der Waals surface area contributed by atoms with Gasteiger partial charge in [-0.3, -0.25) is 9.36 Å². The van der Waals surface area contributed by atoms with Gasteiger partial charge in [0, 0.05) is 12.1 Å². The molecule has 0 aliphatic carbocycles. The molecule has 4 rings (SSSR count). The molecule has 10 heteroatoms. The molecule has 3 aromatic rings. The summed E-state index contributed by atoms with van der Waals surface area (Å²) in [6, 6.07) is 9.93. The fourth-order valence-corrected chi connectivity index (χ4v) is 5.34. The van der Waals surface area contributed by atoms with Crippen LogP contribution in [-0.2, 0) is 9.53 Å². The van der Waals surface area contributed by atoms with Gasteiger partial charge < -0.3 is 23.7 Å². The van der Waals surface area contributed by atoms with Gasteiger partial charge in [0.25, 0.3) is 5.56 Å². The Labute approximate surface area is 229 Å². The molecule has 2 aromatic carbocycles. The van der Waals surface area contributed by atoms with Crippen LogP contribution in [0.15, 0.2) is 70.1 Å². The second-order valence-electron chi connectivity index (χ2n) is 8.42. The van der Waals surface area contributed by atoms with Crippen molar-refractivity contribution in [3.63, 3.8) is 0 Å². The first-order valence-electron chi connectivity index (χ1n) is 12.2. The van der Waals surface area contributed by atoms with Crippen molar-refractivity contribution in [2.45, 2.75) is 19.9 Å². The van der Waals surface area contributed by atoms with Gasteiger partial charge in [-0.2, -0.15) is 0 Å². The second-order valence-corrected chi connectivity index (χ2v) is 9.43. The molecule has 0 bridgehead atoms. The Balaban J connectivity index is 1.93. The first-order valence-corrected chi connectivity index (χ1v) is 13.0. The molecule has 1 aromatic heterocycles. The topological polar surface area (TPSA) is 97.6 Å². The van der Waals surface area contributed by atoms with Crippen molar-refractivity contribution in [1.82, 2.24) is 4.57 Å². The quantitative estimate of drug-likeness (QED) is 0.282. The lowest BCUT2D eigenvalue weighted by Crippen LogP contribution is -2.39. The summed E-state index contributed by atoms with van der Waals surface area (Å²) in [6.45, 7) is 7.70. The van der Waals surface area contributed by atoms with E-state index < -0.39 is 12.0 Å². The first kappa shape index (κ1) is 27.7. The van der Waals surface area contributed by atoms with E-state index in [1.54, 1.807) is 57.4 Å². The largest absolute Gasteiger partial charge is 0.496 e. The standard InChI is InChI=1S/C29H30N2O7S/c1-7-13-38-19-11-9-18(10-12-19)26-25(28(33)37-8-2)17(3)30-29-31(26)27(32)24(39-29)16-21-22(35-5)14-20(34-4)15-23(21)36-6/h7,9-12,14-16,26H,1,8,13H2,2-6H3/b24-16+/t26-/m0/s1. The maximum Gasteiger partial charge on any atom is 0.338 e. The van der Waals surface area contributed by atoms with E-state index in [2.05, 4.69) is 11.6 Å². The number of rotatable bonds is 10. The van der Waals surface area contributed by atoms with E-state index >= 15 is 0 Å². The number of carbonyl (C=O) groups is 1. The lowest BCUT2D eigenvalue weighted by Gasteiger charge is -2.24. The van der Waals surface area contributed by atoms with E-state index in [0.717, 1.165) is 0 Å². The van der Waals surface area contributed by atoms with Crippen molar-refractivity contribution < 1.29 is 28.5 Å². The molecule has 2 heterocycles. The molecule has 0 amide bonds. The minimum Gasteiger partial charge on any atom is -0.496 e. The van der Waals surface area contributed by atoms with Gasteiger partial charge in [-0.15, -0.1) is 0 Å². The van der Waals surface area contributed by atoms with E-state index in [1.165, 1.54) is 30.1 Å². The normalized spacial score (nSPS) is 14.8. The monoisotopic (exact) mass is 550 g/mol. The van der Waals surface area contributed by atoms with Gasteiger partial charge in [0.1, 0.15) is 29.6 Å². The van der Waals surface area contributed by atoms with Crippen LogP contribution < -0.4 is 33.8 Å². The van der Waals surface area contributed by atoms with Crippen LogP contribution in [0.25, 0.3) is 6.08 Å². The number of thiazole rings is 1. The Morgan fingerprint density at radius 3 is 2.31 bits per heavy atom. The van der Waals surface area contributed by atoms with Gasteiger partial charge in [0.15, 0.2) is 4.80 Å². The van der Waals surface area contributed by atoms with Crippen LogP contribution in [0, 0.1) is 0 Å². The highest BCUT2D eigenvalue weighted by Crippen LogP contribution is 2.35. The number of carbonyl (C=O) groups excluding carboxylic acids is 1. The Kier molecular flexibility index (Phi) is 8.55. The van der Waals surface area contributed by atoms with Crippen molar-refractivity contribution in [2.24, 2.45) is 4.99 Å². The molecular weight excluding hydrogens is 520 g/mol. The average molecular weight is 551 g/mol. The SMILES string of the molecule is C=CCOc1ccc([C@H]2C(C(=O)OCC)=C(C)N=c3s/c(=C/c4c(OC)cc(OC)cc4OC)c(=O)n32)cc1. The van der Waals surface area contributed by atoms with Crippen LogP contribution in [0.3, 0.4) is 0 Å². The number of benzene rings is 2. The number of ether oxygens (including phenoxy) is 5. The molecule has 9 nitrogen and oxygen atoms in total. The lowest BCUT2D eigenvalue weighted by molar-refractivity contribution is -0.139. The molecule has 0 N–H and O–H groups in total. The minimum atomic E-state index is -0.740. The zero-order valence-corrected chi connectivity index (χ0v) is 23.3. The molecule has 0 saturated heterocycles. The molecular formula is C29H30N2O7S. The van der Waals surface area contributed by atoms with Gasteiger partial charge in [0.2, 0.25) is 0 Å². The summed E-state index contributed by atoms with van der Waals surface area (Å²) in [5, 5.41) is 0. The number of hydrogen-bond donors (Lipinski definition) is 0. The Bertz CT molecular complexity index is 1570. The van der Waals surface area contributed by atoms with Crippen LogP contribution >= 0.6 is 11.3 Å². The summed E-state index contributed by atoms with van der Waals surface area (Å²) in [5.41, 5.74) is 1.76. The van der Waals surface area contributed by atoms with Crippen LogP contribution in [0.2, 0.25) is 0 Å². The molecule has 1 atom stereocenters. The number of aromatic nitrogens is 1. The summed E-state index contributed by atoms with van der Waals surface area (Å²) in [5.74, 6) is 1.63. The van der Waals surface area contributed by atoms with Gasteiger partial charge in [-0.1, -0.05) is 36.1 Å². The molecule has 0 fully saturated rings. The van der Waals surface area contributed by atoms with E-state index in [4.69, 9.17) is 23.7 Å². The number of nitrogens with zero attached hydrogens (tertiary/aromatic N) is 2. The predicted molar refractivity (Wildman–Crippen MR) is 149 cm³/mol.